The Morgan fingerprint density at radius 1 is 1.07 bits per heavy atom. The van der Waals surface area contributed by atoms with Gasteiger partial charge in [-0.15, -0.1) is 0 Å². The Morgan fingerprint density at radius 3 is 2.48 bits per heavy atom. The largest absolute Gasteiger partial charge is 0.480 e. The van der Waals surface area contributed by atoms with Crippen LogP contribution >= 0.6 is 0 Å². The topological polar surface area (TPSA) is 118 Å². The zero-order valence-corrected chi connectivity index (χ0v) is 23.4. The van der Waals surface area contributed by atoms with Crippen LogP contribution in [0.4, 0.5) is 15.3 Å². The van der Waals surface area contributed by atoms with Crippen molar-refractivity contribution in [2.45, 2.75) is 65.0 Å². The van der Waals surface area contributed by atoms with Gasteiger partial charge in [0.2, 0.25) is 0 Å². The predicted octanol–water partition coefficient (Wildman–Crippen LogP) is 4.42. The molecule has 2 fully saturated rings. The van der Waals surface area contributed by atoms with E-state index in [9.17, 15) is 14.4 Å². The number of carboxylic acids is 1. The van der Waals surface area contributed by atoms with Gasteiger partial charge in [0.25, 0.3) is 0 Å². The minimum absolute atomic E-state index is 0.0502. The van der Waals surface area contributed by atoms with Crippen molar-refractivity contribution in [1.29, 1.82) is 0 Å². The number of piperidine rings is 1. The zero-order valence-electron chi connectivity index (χ0n) is 23.4. The first-order valence-corrected chi connectivity index (χ1v) is 13.7. The highest BCUT2D eigenvalue weighted by Gasteiger charge is 2.40. The van der Waals surface area contributed by atoms with Crippen LogP contribution < -0.4 is 10.2 Å². The number of nitrogens with one attached hydrogen (secondary N) is 1. The lowest BCUT2D eigenvalue weighted by Gasteiger charge is -2.46. The summed E-state index contributed by atoms with van der Waals surface area (Å²) < 4.78 is 16.6. The summed E-state index contributed by atoms with van der Waals surface area (Å²) in [5.41, 5.74) is 2.48. The van der Waals surface area contributed by atoms with Gasteiger partial charge in [0.1, 0.15) is 19.3 Å². The van der Waals surface area contributed by atoms with E-state index in [0.29, 0.717) is 19.6 Å². The number of hydrogen-bond donors (Lipinski definition) is 2. The van der Waals surface area contributed by atoms with Gasteiger partial charge in [0, 0.05) is 31.4 Å². The molecule has 3 atom stereocenters. The Bertz CT molecular complexity index is 1150. The first-order valence-electron chi connectivity index (χ1n) is 13.7. The van der Waals surface area contributed by atoms with E-state index < -0.39 is 12.1 Å². The van der Waals surface area contributed by atoms with Crippen LogP contribution in [0.15, 0.2) is 54.6 Å². The molecule has 2 N–H and O–H groups in total. The van der Waals surface area contributed by atoms with Crippen LogP contribution in [0.25, 0.3) is 0 Å². The SMILES string of the molecule is CC(C)(C)C1CC(OCC(=O)O)CCN1CC1CN(c2ccc(CNC(=O)OCc3ccccc3)cc2)C(=O)O1. The third-order valence-electron chi connectivity index (χ3n) is 7.32. The molecule has 0 spiro atoms. The molecule has 0 radical (unpaired) electrons. The Morgan fingerprint density at radius 2 is 1.80 bits per heavy atom. The van der Waals surface area contributed by atoms with Crippen molar-refractivity contribution in [2.24, 2.45) is 5.41 Å². The number of amides is 2. The van der Waals surface area contributed by atoms with Gasteiger partial charge >= 0.3 is 18.2 Å². The monoisotopic (exact) mass is 553 g/mol. The first kappa shape index (κ1) is 29.4. The quantitative estimate of drug-likeness (QED) is 0.444. The van der Waals surface area contributed by atoms with Gasteiger partial charge in [-0.05, 0) is 41.5 Å². The Balaban J connectivity index is 1.27. The second kappa shape index (κ2) is 13.1. The van der Waals surface area contributed by atoms with E-state index in [0.717, 1.165) is 36.2 Å². The molecule has 0 aliphatic carbocycles. The molecule has 2 aromatic carbocycles. The van der Waals surface area contributed by atoms with Crippen molar-refractivity contribution in [3.05, 3.63) is 65.7 Å². The number of nitrogens with zero attached hydrogens (tertiary/aromatic N) is 2. The zero-order chi connectivity index (χ0) is 28.7. The summed E-state index contributed by atoms with van der Waals surface area (Å²) in [6.07, 6.45) is 0.209. The molecule has 2 aliphatic heterocycles. The molecule has 3 unspecified atom stereocenters. The Kier molecular flexibility index (Phi) is 9.65. The number of aliphatic carboxylic acids is 1. The van der Waals surface area contributed by atoms with Crippen LogP contribution in [-0.2, 0) is 32.2 Å². The van der Waals surface area contributed by atoms with Gasteiger partial charge in [-0.1, -0.05) is 63.2 Å². The summed E-state index contributed by atoms with van der Waals surface area (Å²) in [5, 5.41) is 11.7. The van der Waals surface area contributed by atoms with E-state index in [4.69, 9.17) is 19.3 Å². The van der Waals surface area contributed by atoms with Crippen LogP contribution in [-0.4, -0.2) is 72.7 Å². The number of anilines is 1. The second-order valence-electron chi connectivity index (χ2n) is 11.4. The van der Waals surface area contributed by atoms with Crippen LogP contribution in [0.3, 0.4) is 0 Å². The Labute approximate surface area is 235 Å². The van der Waals surface area contributed by atoms with Gasteiger partial charge in [-0.3, -0.25) is 9.80 Å². The van der Waals surface area contributed by atoms with Gasteiger partial charge in [0.15, 0.2) is 0 Å². The Hall–Kier alpha value is -3.63. The highest BCUT2D eigenvalue weighted by Crippen LogP contribution is 2.34. The minimum Gasteiger partial charge on any atom is -0.480 e. The smallest absolute Gasteiger partial charge is 0.414 e. The second-order valence-corrected chi connectivity index (χ2v) is 11.4. The van der Waals surface area contributed by atoms with Gasteiger partial charge < -0.3 is 24.6 Å². The minimum atomic E-state index is -0.960. The normalized spacial score (nSPS) is 21.6. The molecule has 2 amide bonds. The highest BCUT2D eigenvalue weighted by atomic mass is 16.6. The van der Waals surface area contributed by atoms with Crippen LogP contribution in [0.5, 0.6) is 0 Å². The summed E-state index contributed by atoms with van der Waals surface area (Å²) in [6, 6.07) is 17.1. The molecule has 0 bridgehead atoms. The standard InChI is InChI=1S/C30H39N3O7/c1-30(2,3)26-15-24(38-20-27(34)35)13-14-32(26)17-25-18-33(29(37)40-25)23-11-9-21(10-12-23)16-31-28(36)39-19-22-7-5-4-6-8-22/h4-12,24-26H,13-20H2,1-3H3,(H,31,36)(H,34,35). The lowest BCUT2D eigenvalue weighted by Crippen LogP contribution is -2.53. The van der Waals surface area contributed by atoms with Gasteiger partial charge in [0.05, 0.1) is 12.6 Å². The number of hydrogen-bond acceptors (Lipinski definition) is 7. The lowest BCUT2D eigenvalue weighted by molar-refractivity contribution is -0.146. The van der Waals surface area contributed by atoms with Crippen molar-refractivity contribution in [3.63, 3.8) is 0 Å². The van der Waals surface area contributed by atoms with Gasteiger partial charge in [-0.2, -0.15) is 0 Å². The molecule has 2 saturated heterocycles. The number of cyclic esters (lactones) is 1. The molecule has 2 aromatic rings. The maximum Gasteiger partial charge on any atom is 0.414 e. The molecule has 10 heteroatoms. The maximum absolute atomic E-state index is 12.7. The number of alkyl carbamates (subject to hydrolysis) is 1. The third-order valence-corrected chi connectivity index (χ3v) is 7.32. The molecular weight excluding hydrogens is 514 g/mol. The maximum atomic E-state index is 12.7. The van der Waals surface area contributed by atoms with Crippen molar-refractivity contribution < 1.29 is 33.7 Å². The van der Waals surface area contributed by atoms with Crippen molar-refractivity contribution in [3.8, 4) is 0 Å². The number of rotatable bonds is 10. The number of ether oxygens (including phenoxy) is 3. The number of benzene rings is 2. The number of carbonyl (C=O) groups excluding carboxylic acids is 2. The molecule has 40 heavy (non-hydrogen) atoms. The van der Waals surface area contributed by atoms with Crippen LogP contribution in [0, 0.1) is 5.41 Å². The van der Waals surface area contributed by atoms with E-state index >= 15 is 0 Å². The molecular formula is C30H39N3O7. The van der Waals surface area contributed by atoms with E-state index in [2.05, 4.69) is 31.0 Å². The van der Waals surface area contributed by atoms with Crippen molar-refractivity contribution in [1.82, 2.24) is 10.2 Å². The van der Waals surface area contributed by atoms with E-state index in [1.807, 2.05) is 54.6 Å². The van der Waals surface area contributed by atoms with Crippen LogP contribution in [0.1, 0.15) is 44.7 Å². The summed E-state index contributed by atoms with van der Waals surface area (Å²) >= 11 is 0. The van der Waals surface area contributed by atoms with E-state index in [1.165, 1.54) is 0 Å². The molecule has 0 aromatic heterocycles. The first-order chi connectivity index (χ1) is 19.1. The number of likely N-dealkylation sites (tertiary alicyclic amines) is 1. The highest BCUT2D eigenvalue weighted by molar-refractivity contribution is 5.89. The molecule has 4 rings (SSSR count). The van der Waals surface area contributed by atoms with Crippen molar-refractivity contribution in [2.75, 3.05) is 31.1 Å². The molecule has 2 aliphatic rings. The van der Waals surface area contributed by atoms with E-state index in [-0.39, 0.29) is 43.0 Å². The fourth-order valence-corrected chi connectivity index (χ4v) is 5.27. The average Bonchev–Trinajstić information content (AvgIpc) is 3.30. The lowest BCUT2D eigenvalue weighted by atomic mass is 9.79. The third kappa shape index (κ3) is 8.19. The summed E-state index contributed by atoms with van der Waals surface area (Å²) in [4.78, 5) is 39.7. The van der Waals surface area contributed by atoms with Crippen molar-refractivity contribution >= 4 is 23.8 Å². The van der Waals surface area contributed by atoms with Gasteiger partial charge in [-0.25, -0.2) is 14.4 Å². The molecule has 10 nitrogen and oxygen atoms in total. The molecule has 0 saturated carbocycles. The van der Waals surface area contributed by atoms with Crippen LogP contribution in [0.2, 0.25) is 0 Å². The predicted molar refractivity (Wildman–Crippen MR) is 149 cm³/mol. The average molecular weight is 554 g/mol. The fourth-order valence-electron chi connectivity index (χ4n) is 5.27. The summed E-state index contributed by atoms with van der Waals surface area (Å²) in [6.45, 7) is 8.50. The number of carbonyl (C=O) groups is 3. The number of carboxylic acid groups (broad SMARTS) is 1. The molecule has 2 heterocycles. The molecule has 216 valence electrons. The summed E-state index contributed by atoms with van der Waals surface area (Å²) in [5.74, 6) is -0.960. The summed E-state index contributed by atoms with van der Waals surface area (Å²) in [7, 11) is 0. The van der Waals surface area contributed by atoms with E-state index in [1.54, 1.807) is 4.90 Å². The fraction of sp³-hybridized carbons (Fsp3) is 0.500.